The Kier molecular flexibility index (Phi) is 3.08. The number of hydrogen-bond donors (Lipinski definition) is 1. The van der Waals surface area contributed by atoms with Crippen LogP contribution >= 0.6 is 0 Å². The van der Waals surface area contributed by atoms with Crippen molar-refractivity contribution in [3.8, 4) is 0 Å². The topological polar surface area (TPSA) is 59.3 Å². The second kappa shape index (κ2) is 4.69. The molecule has 1 heterocycles. The number of hydrogen-bond acceptors (Lipinski definition) is 2. The van der Waals surface area contributed by atoms with Gasteiger partial charge in [0.1, 0.15) is 11.4 Å². The largest absolute Gasteiger partial charge is 0.477 e. The van der Waals surface area contributed by atoms with Crippen LogP contribution in [0.5, 0.6) is 0 Å². The van der Waals surface area contributed by atoms with Crippen LogP contribution in [0.1, 0.15) is 47.3 Å². The SMILES string of the molecule is CCc1c(F)cc2c(=O)c(C(=O)O)cn(C3CC3)c2c1C. The zero-order chi connectivity index (χ0) is 15.3. The van der Waals surface area contributed by atoms with Crippen molar-refractivity contribution in [2.45, 2.75) is 39.2 Å². The quantitative estimate of drug-likeness (QED) is 0.944. The maximum Gasteiger partial charge on any atom is 0.341 e. The van der Waals surface area contributed by atoms with Gasteiger partial charge in [0.05, 0.1) is 5.52 Å². The lowest BCUT2D eigenvalue weighted by Gasteiger charge is -2.16. The van der Waals surface area contributed by atoms with Gasteiger partial charge in [0.15, 0.2) is 0 Å². The van der Waals surface area contributed by atoms with Gasteiger partial charge in [0, 0.05) is 17.6 Å². The van der Waals surface area contributed by atoms with Gasteiger partial charge < -0.3 is 9.67 Å². The first-order chi connectivity index (χ1) is 9.95. The molecule has 0 saturated heterocycles. The summed E-state index contributed by atoms with van der Waals surface area (Å²) < 4.78 is 16.0. The number of benzene rings is 1. The summed E-state index contributed by atoms with van der Waals surface area (Å²) >= 11 is 0. The maximum atomic E-state index is 14.1. The first-order valence-corrected chi connectivity index (χ1v) is 7.05. The van der Waals surface area contributed by atoms with Crippen molar-refractivity contribution < 1.29 is 14.3 Å². The molecular weight excluding hydrogens is 273 g/mol. The van der Waals surface area contributed by atoms with Crippen LogP contribution in [0, 0.1) is 12.7 Å². The number of aryl methyl sites for hydroxylation is 1. The van der Waals surface area contributed by atoms with Crippen molar-refractivity contribution in [3.63, 3.8) is 0 Å². The van der Waals surface area contributed by atoms with E-state index in [2.05, 4.69) is 0 Å². The van der Waals surface area contributed by atoms with Gasteiger partial charge in [-0.3, -0.25) is 4.79 Å². The molecule has 110 valence electrons. The molecule has 1 aromatic carbocycles. The third-order valence-corrected chi connectivity index (χ3v) is 4.16. The van der Waals surface area contributed by atoms with Crippen molar-refractivity contribution in [3.05, 3.63) is 45.0 Å². The zero-order valence-electron chi connectivity index (χ0n) is 11.9. The summed E-state index contributed by atoms with van der Waals surface area (Å²) in [4.78, 5) is 23.6. The molecule has 0 aliphatic heterocycles. The number of carboxylic acid groups (broad SMARTS) is 1. The van der Waals surface area contributed by atoms with Crippen LogP contribution in [0.3, 0.4) is 0 Å². The van der Waals surface area contributed by atoms with Crippen molar-refractivity contribution in [2.24, 2.45) is 0 Å². The minimum Gasteiger partial charge on any atom is -0.477 e. The highest BCUT2D eigenvalue weighted by molar-refractivity contribution is 5.93. The summed E-state index contributed by atoms with van der Waals surface area (Å²) in [6, 6.07) is 1.40. The molecule has 1 fully saturated rings. The lowest BCUT2D eigenvalue weighted by molar-refractivity contribution is 0.0695. The van der Waals surface area contributed by atoms with E-state index in [0.29, 0.717) is 17.5 Å². The zero-order valence-corrected chi connectivity index (χ0v) is 11.9. The fourth-order valence-electron chi connectivity index (χ4n) is 2.95. The molecule has 0 bridgehead atoms. The normalized spacial score (nSPS) is 14.6. The number of fused-ring (bicyclic) bond motifs is 1. The average molecular weight is 289 g/mol. The number of nitrogens with zero attached hydrogens (tertiary/aromatic N) is 1. The number of pyridine rings is 1. The first kappa shape index (κ1) is 13.8. The summed E-state index contributed by atoms with van der Waals surface area (Å²) in [5.41, 5.74) is 1.08. The van der Waals surface area contributed by atoms with Crippen molar-refractivity contribution in [2.75, 3.05) is 0 Å². The smallest absolute Gasteiger partial charge is 0.341 e. The molecule has 1 aliphatic carbocycles. The summed E-state index contributed by atoms with van der Waals surface area (Å²) in [6.45, 7) is 3.66. The van der Waals surface area contributed by atoms with E-state index in [0.717, 1.165) is 18.4 Å². The van der Waals surface area contributed by atoms with Crippen LogP contribution in [0.2, 0.25) is 0 Å². The van der Waals surface area contributed by atoms with Crippen LogP contribution < -0.4 is 5.43 Å². The van der Waals surface area contributed by atoms with E-state index >= 15 is 0 Å². The fraction of sp³-hybridized carbons (Fsp3) is 0.375. The van der Waals surface area contributed by atoms with E-state index in [1.165, 1.54) is 12.3 Å². The molecule has 5 heteroatoms. The predicted molar refractivity (Wildman–Crippen MR) is 77.5 cm³/mol. The number of halogens is 1. The highest BCUT2D eigenvalue weighted by Crippen LogP contribution is 2.38. The molecule has 0 atom stereocenters. The molecule has 3 rings (SSSR count). The van der Waals surface area contributed by atoms with E-state index in [1.54, 1.807) is 6.92 Å². The summed E-state index contributed by atoms with van der Waals surface area (Å²) in [5.74, 6) is -1.71. The van der Waals surface area contributed by atoms with Crippen LogP contribution in [-0.4, -0.2) is 15.6 Å². The molecule has 0 amide bonds. The Bertz CT molecular complexity index is 819. The Hall–Kier alpha value is -2.17. The summed E-state index contributed by atoms with van der Waals surface area (Å²) in [5, 5.41) is 9.35. The van der Waals surface area contributed by atoms with Gasteiger partial charge in [-0.05, 0) is 43.4 Å². The molecule has 1 aliphatic rings. The number of aromatic carboxylic acids is 1. The lowest BCUT2D eigenvalue weighted by atomic mass is 9.99. The van der Waals surface area contributed by atoms with Gasteiger partial charge in [-0.1, -0.05) is 6.92 Å². The van der Waals surface area contributed by atoms with Gasteiger partial charge in [-0.15, -0.1) is 0 Å². The molecule has 1 N–H and O–H groups in total. The number of aromatic nitrogens is 1. The maximum absolute atomic E-state index is 14.1. The van der Waals surface area contributed by atoms with Gasteiger partial charge >= 0.3 is 5.97 Å². The van der Waals surface area contributed by atoms with Crippen LogP contribution in [0.4, 0.5) is 4.39 Å². The third kappa shape index (κ3) is 2.04. The predicted octanol–water partition coefficient (Wildman–Crippen LogP) is 3.04. The molecule has 0 radical (unpaired) electrons. The molecule has 21 heavy (non-hydrogen) atoms. The van der Waals surface area contributed by atoms with Crippen molar-refractivity contribution in [1.29, 1.82) is 0 Å². The number of carbonyl (C=O) groups is 1. The van der Waals surface area contributed by atoms with Gasteiger partial charge in [-0.2, -0.15) is 0 Å². The number of carboxylic acids is 1. The van der Waals surface area contributed by atoms with Crippen molar-refractivity contribution >= 4 is 16.9 Å². The Morgan fingerprint density at radius 1 is 1.48 bits per heavy atom. The highest BCUT2D eigenvalue weighted by atomic mass is 19.1. The van der Waals surface area contributed by atoms with Crippen LogP contribution in [0.25, 0.3) is 10.9 Å². The fourth-order valence-corrected chi connectivity index (χ4v) is 2.95. The Balaban J connectivity index is 2.50. The summed E-state index contributed by atoms with van der Waals surface area (Å²) in [6.07, 6.45) is 3.85. The first-order valence-electron chi connectivity index (χ1n) is 7.05. The average Bonchev–Trinajstić information content (AvgIpc) is 3.24. The second-order valence-electron chi connectivity index (χ2n) is 5.53. The Labute approximate surface area is 120 Å². The molecule has 4 nitrogen and oxygen atoms in total. The van der Waals surface area contributed by atoms with E-state index < -0.39 is 17.2 Å². The van der Waals surface area contributed by atoms with E-state index in [-0.39, 0.29) is 17.0 Å². The highest BCUT2D eigenvalue weighted by Gasteiger charge is 2.28. The Morgan fingerprint density at radius 2 is 2.14 bits per heavy atom. The Morgan fingerprint density at radius 3 is 2.67 bits per heavy atom. The van der Waals surface area contributed by atoms with E-state index in [1.807, 2.05) is 11.5 Å². The van der Waals surface area contributed by atoms with Gasteiger partial charge in [0.25, 0.3) is 0 Å². The summed E-state index contributed by atoms with van der Waals surface area (Å²) in [7, 11) is 0. The van der Waals surface area contributed by atoms with Crippen LogP contribution in [0.15, 0.2) is 17.1 Å². The van der Waals surface area contributed by atoms with Gasteiger partial charge in [0.2, 0.25) is 5.43 Å². The minimum atomic E-state index is -1.27. The van der Waals surface area contributed by atoms with E-state index in [4.69, 9.17) is 0 Å². The molecule has 0 unspecified atom stereocenters. The van der Waals surface area contributed by atoms with Crippen LogP contribution in [-0.2, 0) is 6.42 Å². The van der Waals surface area contributed by atoms with Crippen molar-refractivity contribution in [1.82, 2.24) is 4.57 Å². The third-order valence-electron chi connectivity index (χ3n) is 4.16. The molecular formula is C16H16FNO3. The standard InChI is InChI=1S/C16H16FNO3/c1-3-10-8(2)14-11(6-13(10)17)15(19)12(16(20)21)7-18(14)9-4-5-9/h6-7,9H,3-5H2,1-2H3,(H,20,21). The molecule has 1 saturated carbocycles. The van der Waals surface area contributed by atoms with E-state index in [9.17, 15) is 19.1 Å². The number of rotatable bonds is 3. The lowest BCUT2D eigenvalue weighted by Crippen LogP contribution is -2.20. The molecule has 0 spiro atoms. The molecule has 1 aromatic heterocycles. The minimum absolute atomic E-state index is 0.161. The van der Waals surface area contributed by atoms with Gasteiger partial charge in [-0.25, -0.2) is 9.18 Å². The second-order valence-corrected chi connectivity index (χ2v) is 5.53. The molecule has 2 aromatic rings. The monoisotopic (exact) mass is 289 g/mol.